The van der Waals surface area contributed by atoms with E-state index in [0.29, 0.717) is 0 Å². The number of allylic oxidation sites excluding steroid dienone is 5. The first-order valence-corrected chi connectivity index (χ1v) is 20.7. The fraction of sp³-hybridized carbons (Fsp3) is 0.0769. The molecule has 0 spiro atoms. The summed E-state index contributed by atoms with van der Waals surface area (Å²) in [5.74, 6) is 0. The second-order valence-corrected chi connectivity index (χ2v) is 17.2. The third-order valence-corrected chi connectivity index (χ3v) is 14.2. The zero-order chi connectivity index (χ0) is 35.3. The number of aryl methyl sites for hydroxylation is 1. The topological polar surface area (TPSA) is 0 Å². The summed E-state index contributed by atoms with van der Waals surface area (Å²) >= 11 is 3.81. The molecule has 0 unspecified atom stereocenters. The molecule has 0 amide bonds. The maximum Gasteiger partial charge on any atom is 0.0361 e. The first kappa shape index (κ1) is 30.6. The van der Waals surface area contributed by atoms with Gasteiger partial charge in [0.1, 0.15) is 0 Å². The number of benzene rings is 8. The maximum absolute atomic E-state index is 2.49. The van der Waals surface area contributed by atoms with Gasteiger partial charge in [0.25, 0.3) is 0 Å². The maximum atomic E-state index is 2.49. The summed E-state index contributed by atoms with van der Waals surface area (Å²) in [6, 6.07) is 50.9. The van der Waals surface area contributed by atoms with Crippen LogP contribution in [-0.4, -0.2) is 0 Å². The zero-order valence-corrected chi connectivity index (χ0v) is 31.3. The molecule has 0 saturated heterocycles. The van der Waals surface area contributed by atoms with Gasteiger partial charge in [-0.15, -0.1) is 22.7 Å². The second kappa shape index (κ2) is 11.9. The molecule has 10 aromatic rings. The van der Waals surface area contributed by atoms with Gasteiger partial charge in [0, 0.05) is 40.3 Å². The fourth-order valence-corrected chi connectivity index (χ4v) is 11.6. The average molecular weight is 723 g/mol. The van der Waals surface area contributed by atoms with Crippen molar-refractivity contribution in [2.45, 2.75) is 25.7 Å². The summed E-state index contributed by atoms with van der Waals surface area (Å²) in [7, 11) is 0. The highest BCUT2D eigenvalue weighted by molar-refractivity contribution is 7.26. The summed E-state index contributed by atoms with van der Waals surface area (Å²) in [4.78, 5) is 0. The highest BCUT2D eigenvalue weighted by atomic mass is 32.1. The van der Waals surface area contributed by atoms with Crippen LogP contribution in [0.2, 0.25) is 0 Å². The van der Waals surface area contributed by atoms with E-state index in [1.165, 1.54) is 117 Å². The lowest BCUT2D eigenvalue weighted by Gasteiger charge is -2.22. The van der Waals surface area contributed by atoms with Crippen LogP contribution in [0.15, 0.2) is 152 Å². The molecule has 8 aromatic carbocycles. The van der Waals surface area contributed by atoms with E-state index < -0.39 is 0 Å². The van der Waals surface area contributed by atoms with Crippen LogP contribution in [0.3, 0.4) is 0 Å². The van der Waals surface area contributed by atoms with Crippen molar-refractivity contribution in [1.82, 2.24) is 0 Å². The van der Waals surface area contributed by atoms with Crippen LogP contribution < -0.4 is 0 Å². The molecule has 2 aliphatic carbocycles. The van der Waals surface area contributed by atoms with E-state index in [0.717, 1.165) is 25.7 Å². The van der Waals surface area contributed by atoms with Gasteiger partial charge in [-0.3, -0.25) is 0 Å². The zero-order valence-electron chi connectivity index (χ0n) is 29.7. The summed E-state index contributed by atoms with van der Waals surface area (Å²) < 4.78 is 5.43. The number of hydrogen-bond acceptors (Lipinski definition) is 2. The molecule has 0 bridgehead atoms. The van der Waals surface area contributed by atoms with Crippen molar-refractivity contribution in [3.8, 4) is 11.1 Å². The minimum atomic E-state index is 1.03. The predicted octanol–water partition coefficient (Wildman–Crippen LogP) is 15.8. The first-order valence-electron chi connectivity index (χ1n) is 19.1. The van der Waals surface area contributed by atoms with Crippen molar-refractivity contribution < 1.29 is 0 Å². The van der Waals surface area contributed by atoms with E-state index in [2.05, 4.69) is 158 Å². The van der Waals surface area contributed by atoms with E-state index in [1.807, 2.05) is 22.7 Å². The molecule has 2 heterocycles. The summed E-state index contributed by atoms with van der Waals surface area (Å²) in [6.07, 6.45) is 13.8. The van der Waals surface area contributed by atoms with Crippen LogP contribution in [0.1, 0.15) is 41.5 Å². The quantitative estimate of drug-likeness (QED) is 0.159. The highest BCUT2D eigenvalue weighted by Gasteiger charge is 2.21. The monoisotopic (exact) mass is 722 g/mol. The van der Waals surface area contributed by atoms with Gasteiger partial charge < -0.3 is 0 Å². The molecule has 2 heteroatoms. The Labute approximate surface area is 321 Å². The lowest BCUT2D eigenvalue weighted by molar-refractivity contribution is 0.986. The average Bonchev–Trinajstić information content (AvgIpc) is 3.77. The normalized spacial score (nSPS) is 14.5. The molecular formula is C52H34S2. The summed E-state index contributed by atoms with van der Waals surface area (Å²) in [5.41, 5.74) is 10.9. The molecule has 0 N–H and O–H groups in total. The molecule has 12 rings (SSSR count). The SMILES string of the molecule is C1=Cc2ccc(-c3c4ccccc4c(C4=CC(c5ccc6sc7cc8cc9sc%10ccccc%10c9cc8cc7c6c5)=CCC4)c4ccccc34)cc2CC1. The van der Waals surface area contributed by atoms with Crippen LogP contribution in [-0.2, 0) is 6.42 Å². The van der Waals surface area contributed by atoms with Crippen LogP contribution in [0.5, 0.6) is 0 Å². The standard InChI is InChI=1S/C52H34S2/c1-2-11-32-24-36(21-20-31(32)10-1)52-42-17-5-3-15-40(42)51(41-16-4-6-18-43(41)52)35-13-9-12-33(25-35)34-22-23-48-45(26-34)46-28-37-27-44-39-14-7-8-19-47(39)53-49(44)29-38(37)30-50(46)54-48/h1,3-8,10,12,14-30H,2,9,11,13H2. The van der Waals surface area contributed by atoms with Gasteiger partial charge in [0.2, 0.25) is 0 Å². The predicted molar refractivity (Wildman–Crippen MR) is 239 cm³/mol. The summed E-state index contributed by atoms with van der Waals surface area (Å²) in [5, 5.41) is 13.4. The van der Waals surface area contributed by atoms with E-state index >= 15 is 0 Å². The molecule has 0 atom stereocenters. The van der Waals surface area contributed by atoms with E-state index in [9.17, 15) is 0 Å². The van der Waals surface area contributed by atoms with Crippen molar-refractivity contribution in [1.29, 1.82) is 0 Å². The van der Waals surface area contributed by atoms with E-state index in [4.69, 9.17) is 0 Å². The van der Waals surface area contributed by atoms with Gasteiger partial charge in [-0.25, -0.2) is 0 Å². The van der Waals surface area contributed by atoms with Crippen LogP contribution in [0.4, 0.5) is 0 Å². The number of thiophene rings is 2. The minimum absolute atomic E-state index is 1.03. The molecule has 2 aliphatic rings. The van der Waals surface area contributed by atoms with Crippen molar-refractivity contribution in [3.05, 3.63) is 174 Å². The van der Waals surface area contributed by atoms with E-state index in [-0.39, 0.29) is 0 Å². The molecule has 0 saturated carbocycles. The molecule has 54 heavy (non-hydrogen) atoms. The highest BCUT2D eigenvalue weighted by Crippen LogP contribution is 2.46. The molecule has 0 aliphatic heterocycles. The molecule has 254 valence electrons. The van der Waals surface area contributed by atoms with Crippen molar-refractivity contribution >= 4 is 113 Å². The molecular weight excluding hydrogens is 689 g/mol. The van der Waals surface area contributed by atoms with Crippen molar-refractivity contribution in [3.63, 3.8) is 0 Å². The van der Waals surface area contributed by atoms with Gasteiger partial charge >= 0.3 is 0 Å². The van der Waals surface area contributed by atoms with Gasteiger partial charge in [-0.1, -0.05) is 115 Å². The van der Waals surface area contributed by atoms with Crippen LogP contribution in [0, 0.1) is 0 Å². The van der Waals surface area contributed by atoms with Gasteiger partial charge in [-0.2, -0.15) is 0 Å². The largest absolute Gasteiger partial charge is 0.135 e. The Hall–Kier alpha value is -5.80. The fourth-order valence-electron chi connectivity index (χ4n) is 9.40. The third-order valence-electron chi connectivity index (χ3n) is 11.9. The molecule has 0 fully saturated rings. The number of fused-ring (bicyclic) bond motifs is 10. The van der Waals surface area contributed by atoms with Gasteiger partial charge in [-0.05, 0) is 145 Å². The number of rotatable bonds is 3. The summed E-state index contributed by atoms with van der Waals surface area (Å²) in [6.45, 7) is 0. The Morgan fingerprint density at radius 1 is 0.426 bits per heavy atom. The Morgan fingerprint density at radius 3 is 1.80 bits per heavy atom. The van der Waals surface area contributed by atoms with Crippen molar-refractivity contribution in [2.75, 3.05) is 0 Å². The van der Waals surface area contributed by atoms with Gasteiger partial charge in [0.15, 0.2) is 0 Å². The third kappa shape index (κ3) is 4.67. The molecule has 0 nitrogen and oxygen atoms in total. The molecule has 0 radical (unpaired) electrons. The van der Waals surface area contributed by atoms with Crippen LogP contribution in [0.25, 0.3) is 101 Å². The molecule has 2 aromatic heterocycles. The lowest BCUT2D eigenvalue weighted by Crippen LogP contribution is -1.98. The Kier molecular flexibility index (Phi) is 6.72. The Balaban J connectivity index is 1.00. The first-order chi connectivity index (χ1) is 26.7. The van der Waals surface area contributed by atoms with Gasteiger partial charge in [0.05, 0.1) is 0 Å². The Morgan fingerprint density at radius 2 is 1.04 bits per heavy atom. The second-order valence-electron chi connectivity index (χ2n) is 15.0. The van der Waals surface area contributed by atoms with Crippen molar-refractivity contribution in [2.24, 2.45) is 0 Å². The smallest absolute Gasteiger partial charge is 0.0361 e. The minimum Gasteiger partial charge on any atom is -0.135 e. The lowest BCUT2D eigenvalue weighted by atomic mass is 9.82. The number of hydrogen-bond donors (Lipinski definition) is 0. The Bertz CT molecular complexity index is 3270. The van der Waals surface area contributed by atoms with Crippen LogP contribution >= 0.6 is 22.7 Å². The van der Waals surface area contributed by atoms with E-state index in [1.54, 1.807) is 0 Å².